The lowest BCUT2D eigenvalue weighted by Crippen LogP contribution is -2.45. The predicted molar refractivity (Wildman–Crippen MR) is 113 cm³/mol. The largest absolute Gasteiger partial charge is 0.356 e. The van der Waals surface area contributed by atoms with E-state index in [1.54, 1.807) is 0 Å². The third-order valence-corrected chi connectivity index (χ3v) is 6.09. The average Bonchev–Trinajstić information content (AvgIpc) is 3.03. The summed E-state index contributed by atoms with van der Waals surface area (Å²) in [5.74, 6) is 2.13. The summed E-state index contributed by atoms with van der Waals surface area (Å²) in [6.45, 7) is 8.51. The second-order valence-corrected chi connectivity index (χ2v) is 8.46. The molecule has 2 aliphatic rings. The highest BCUT2D eigenvalue weighted by molar-refractivity contribution is 5.76. The van der Waals surface area contributed by atoms with Gasteiger partial charge in [-0.15, -0.1) is 0 Å². The van der Waals surface area contributed by atoms with Crippen molar-refractivity contribution in [2.45, 2.75) is 78.3 Å². The van der Waals surface area contributed by atoms with Gasteiger partial charge in [0.1, 0.15) is 11.6 Å². The summed E-state index contributed by atoms with van der Waals surface area (Å²) in [7, 11) is 0. The monoisotopic (exact) mass is 396 g/mol. The Labute approximate surface area is 172 Å². The molecule has 7 nitrogen and oxygen atoms in total. The SMILES string of the molecule is Cc1cc(C)n(CCC(=O)NC2CCN(c3nc(C)nc4c3CCCC4)CC2)n1. The molecule has 1 saturated heterocycles. The molecular formula is C22H32N6O. The third-order valence-electron chi connectivity index (χ3n) is 6.09. The van der Waals surface area contributed by atoms with Crippen LogP contribution in [0.3, 0.4) is 0 Å². The highest BCUT2D eigenvalue weighted by Gasteiger charge is 2.26. The van der Waals surface area contributed by atoms with Crippen molar-refractivity contribution in [3.63, 3.8) is 0 Å². The zero-order chi connectivity index (χ0) is 20.4. The van der Waals surface area contributed by atoms with E-state index in [-0.39, 0.29) is 11.9 Å². The van der Waals surface area contributed by atoms with Gasteiger partial charge in [-0.3, -0.25) is 9.48 Å². The molecule has 2 aromatic rings. The van der Waals surface area contributed by atoms with E-state index in [0.717, 1.165) is 61.8 Å². The Morgan fingerprint density at radius 1 is 1.14 bits per heavy atom. The lowest BCUT2D eigenvalue weighted by molar-refractivity contribution is -0.122. The molecule has 156 valence electrons. The fourth-order valence-corrected chi connectivity index (χ4v) is 4.60. The van der Waals surface area contributed by atoms with E-state index in [0.29, 0.717) is 13.0 Å². The molecule has 0 saturated carbocycles. The van der Waals surface area contributed by atoms with Crippen molar-refractivity contribution >= 4 is 11.7 Å². The second kappa shape index (κ2) is 8.51. The highest BCUT2D eigenvalue weighted by Crippen LogP contribution is 2.29. The number of piperidine rings is 1. The van der Waals surface area contributed by atoms with E-state index in [1.807, 2.05) is 31.5 Å². The fourth-order valence-electron chi connectivity index (χ4n) is 4.60. The van der Waals surface area contributed by atoms with Crippen LogP contribution in [0.25, 0.3) is 0 Å². The van der Waals surface area contributed by atoms with Crippen LogP contribution in [0.1, 0.15) is 60.6 Å². The molecule has 4 rings (SSSR count). The third kappa shape index (κ3) is 4.60. The number of hydrogen-bond donors (Lipinski definition) is 1. The molecule has 7 heteroatoms. The summed E-state index contributed by atoms with van der Waals surface area (Å²) < 4.78 is 1.91. The van der Waals surface area contributed by atoms with E-state index in [9.17, 15) is 4.79 Å². The van der Waals surface area contributed by atoms with Gasteiger partial charge < -0.3 is 10.2 Å². The van der Waals surface area contributed by atoms with Gasteiger partial charge in [-0.25, -0.2) is 9.97 Å². The van der Waals surface area contributed by atoms with Gasteiger partial charge in [-0.1, -0.05) is 0 Å². The van der Waals surface area contributed by atoms with Crippen molar-refractivity contribution < 1.29 is 4.79 Å². The van der Waals surface area contributed by atoms with Crippen molar-refractivity contribution in [3.8, 4) is 0 Å². The Morgan fingerprint density at radius 3 is 2.62 bits per heavy atom. The molecule has 1 N–H and O–H groups in total. The first-order valence-corrected chi connectivity index (χ1v) is 10.9. The van der Waals surface area contributed by atoms with Crippen LogP contribution in [0.4, 0.5) is 5.82 Å². The second-order valence-electron chi connectivity index (χ2n) is 8.46. The van der Waals surface area contributed by atoms with Crippen LogP contribution in [-0.4, -0.2) is 44.8 Å². The fraction of sp³-hybridized carbons (Fsp3) is 0.636. The van der Waals surface area contributed by atoms with Crippen LogP contribution in [0, 0.1) is 20.8 Å². The van der Waals surface area contributed by atoms with E-state index in [4.69, 9.17) is 4.98 Å². The molecular weight excluding hydrogens is 364 g/mol. The Bertz CT molecular complexity index is 882. The van der Waals surface area contributed by atoms with Crippen LogP contribution in [0.2, 0.25) is 0 Å². The quantitative estimate of drug-likeness (QED) is 0.841. The molecule has 2 aromatic heterocycles. The summed E-state index contributed by atoms with van der Waals surface area (Å²) in [6.07, 6.45) is 7.03. The van der Waals surface area contributed by atoms with Crippen molar-refractivity contribution in [2.24, 2.45) is 0 Å². The van der Waals surface area contributed by atoms with Gasteiger partial charge in [0.05, 0.1) is 5.69 Å². The first-order valence-electron chi connectivity index (χ1n) is 10.9. The van der Waals surface area contributed by atoms with Gasteiger partial charge in [0.15, 0.2) is 0 Å². The molecule has 1 aliphatic carbocycles. The van der Waals surface area contributed by atoms with Gasteiger partial charge >= 0.3 is 0 Å². The predicted octanol–water partition coefficient (Wildman–Crippen LogP) is 2.65. The lowest BCUT2D eigenvalue weighted by atomic mass is 9.95. The Kier molecular flexibility index (Phi) is 5.83. The lowest BCUT2D eigenvalue weighted by Gasteiger charge is -2.35. The summed E-state index contributed by atoms with van der Waals surface area (Å²) in [5, 5.41) is 7.65. The van der Waals surface area contributed by atoms with E-state index < -0.39 is 0 Å². The molecule has 0 spiro atoms. The summed E-state index contributed by atoms with van der Waals surface area (Å²) >= 11 is 0. The molecule has 0 aromatic carbocycles. The molecule has 1 aliphatic heterocycles. The molecule has 1 fully saturated rings. The van der Waals surface area contributed by atoms with Gasteiger partial charge in [0.25, 0.3) is 0 Å². The van der Waals surface area contributed by atoms with Crippen LogP contribution in [0.5, 0.6) is 0 Å². The molecule has 0 radical (unpaired) electrons. The minimum atomic E-state index is 0.117. The van der Waals surface area contributed by atoms with Crippen molar-refractivity contribution in [3.05, 3.63) is 34.5 Å². The molecule has 29 heavy (non-hydrogen) atoms. The standard InChI is InChI=1S/C22H32N6O/c1-15-14-16(2)28(26-15)13-10-21(29)25-18-8-11-27(12-9-18)22-19-6-4-5-7-20(19)23-17(3)24-22/h14,18H,4-13H2,1-3H3,(H,25,29). The Hall–Kier alpha value is -2.44. The van der Waals surface area contributed by atoms with Crippen LogP contribution in [0.15, 0.2) is 6.07 Å². The van der Waals surface area contributed by atoms with Crippen LogP contribution in [-0.2, 0) is 24.2 Å². The Morgan fingerprint density at radius 2 is 1.90 bits per heavy atom. The van der Waals surface area contributed by atoms with Crippen LogP contribution >= 0.6 is 0 Å². The highest BCUT2D eigenvalue weighted by atomic mass is 16.1. The topological polar surface area (TPSA) is 75.9 Å². The van der Waals surface area contributed by atoms with Gasteiger partial charge in [-0.05, 0) is 65.4 Å². The molecule has 1 amide bonds. The number of amides is 1. The number of carbonyl (C=O) groups is 1. The molecule has 0 bridgehead atoms. The number of fused-ring (bicyclic) bond motifs is 1. The van der Waals surface area contributed by atoms with Gasteiger partial charge in [0.2, 0.25) is 5.91 Å². The number of aryl methyl sites for hydroxylation is 5. The van der Waals surface area contributed by atoms with E-state index in [2.05, 4.69) is 20.3 Å². The van der Waals surface area contributed by atoms with E-state index >= 15 is 0 Å². The molecule has 0 unspecified atom stereocenters. The number of anilines is 1. The number of aromatic nitrogens is 4. The van der Waals surface area contributed by atoms with Crippen molar-refractivity contribution in [2.75, 3.05) is 18.0 Å². The number of carbonyl (C=O) groups excluding carboxylic acids is 1. The Balaban J connectivity index is 1.30. The first kappa shape index (κ1) is 19.9. The zero-order valence-corrected chi connectivity index (χ0v) is 17.9. The smallest absolute Gasteiger partial charge is 0.222 e. The normalized spacial score (nSPS) is 17.3. The zero-order valence-electron chi connectivity index (χ0n) is 17.9. The number of rotatable bonds is 5. The minimum Gasteiger partial charge on any atom is -0.356 e. The maximum Gasteiger partial charge on any atom is 0.222 e. The van der Waals surface area contributed by atoms with E-state index in [1.165, 1.54) is 24.1 Å². The summed E-state index contributed by atoms with van der Waals surface area (Å²) in [4.78, 5) is 24.3. The van der Waals surface area contributed by atoms with Crippen LogP contribution < -0.4 is 10.2 Å². The number of hydrogen-bond acceptors (Lipinski definition) is 5. The minimum absolute atomic E-state index is 0.117. The average molecular weight is 397 g/mol. The first-order chi connectivity index (χ1) is 14.0. The summed E-state index contributed by atoms with van der Waals surface area (Å²) in [6, 6.07) is 2.29. The number of nitrogens with zero attached hydrogens (tertiary/aromatic N) is 5. The number of nitrogens with one attached hydrogen (secondary N) is 1. The van der Waals surface area contributed by atoms with Gasteiger partial charge in [-0.2, -0.15) is 5.10 Å². The van der Waals surface area contributed by atoms with Gasteiger partial charge in [0, 0.05) is 49.0 Å². The molecule has 3 heterocycles. The molecule has 0 atom stereocenters. The maximum atomic E-state index is 12.4. The van der Waals surface area contributed by atoms with Crippen molar-refractivity contribution in [1.82, 2.24) is 25.1 Å². The van der Waals surface area contributed by atoms with Crippen molar-refractivity contribution in [1.29, 1.82) is 0 Å². The maximum absolute atomic E-state index is 12.4. The summed E-state index contributed by atoms with van der Waals surface area (Å²) in [5.41, 5.74) is 4.71.